The minimum absolute atomic E-state index is 0.412. The lowest BCUT2D eigenvalue weighted by atomic mass is 9.95. The molecule has 0 saturated carbocycles. The number of hydrogen-bond acceptors (Lipinski definition) is 3. The Balaban J connectivity index is 2.84. The van der Waals surface area contributed by atoms with Crippen LogP contribution in [0.15, 0.2) is 22.0 Å². The Bertz CT molecular complexity index is 270. The fourth-order valence-electron chi connectivity index (χ4n) is 1.33. The van der Waals surface area contributed by atoms with Gasteiger partial charge in [0.15, 0.2) is 5.54 Å². The van der Waals surface area contributed by atoms with Crippen molar-refractivity contribution < 1.29 is 4.79 Å². The van der Waals surface area contributed by atoms with Crippen LogP contribution in [-0.2, 0) is 4.79 Å². The maximum absolute atomic E-state index is 11.1. The summed E-state index contributed by atoms with van der Waals surface area (Å²) in [6, 6.07) is 0. The number of carbonyl (C=O) groups is 1. The summed E-state index contributed by atoms with van der Waals surface area (Å²) in [7, 11) is 0. The zero-order chi connectivity index (χ0) is 9.90. The molecule has 13 heavy (non-hydrogen) atoms. The highest BCUT2D eigenvalue weighted by Crippen LogP contribution is 2.28. The van der Waals surface area contributed by atoms with Gasteiger partial charge in [-0.3, -0.25) is 4.79 Å². The molecule has 1 amide bonds. The van der Waals surface area contributed by atoms with Crippen LogP contribution in [0, 0.1) is 0 Å². The number of nitrogens with two attached hydrogens (primary N) is 1. The molecule has 0 bridgehead atoms. The summed E-state index contributed by atoms with van der Waals surface area (Å²) >= 11 is 0. The summed E-state index contributed by atoms with van der Waals surface area (Å²) in [5, 5.41) is 7.90. The third-order valence-electron chi connectivity index (χ3n) is 2.23. The Morgan fingerprint density at radius 3 is 2.69 bits per heavy atom. The maximum atomic E-state index is 11.1. The number of hydrogen-bond donors (Lipinski definition) is 1. The SMILES string of the molecule is CCCC1=CC(CC)(C(N)=O)N=N1. The molecule has 0 aromatic rings. The van der Waals surface area contributed by atoms with Gasteiger partial charge in [0.2, 0.25) is 0 Å². The van der Waals surface area contributed by atoms with Crippen LogP contribution in [0.3, 0.4) is 0 Å². The van der Waals surface area contributed by atoms with Crippen molar-refractivity contribution in [2.75, 3.05) is 0 Å². The molecule has 0 aromatic carbocycles. The predicted molar refractivity (Wildman–Crippen MR) is 50.1 cm³/mol. The Labute approximate surface area is 77.9 Å². The minimum Gasteiger partial charge on any atom is -0.367 e. The summed E-state index contributed by atoms with van der Waals surface area (Å²) in [6.07, 6.45) is 4.24. The van der Waals surface area contributed by atoms with Gasteiger partial charge >= 0.3 is 0 Å². The molecule has 0 spiro atoms. The second kappa shape index (κ2) is 3.68. The quantitative estimate of drug-likeness (QED) is 0.705. The zero-order valence-corrected chi connectivity index (χ0v) is 8.08. The summed E-state index contributed by atoms with van der Waals surface area (Å²) in [6.45, 7) is 3.95. The number of primary amides is 1. The molecule has 2 N–H and O–H groups in total. The molecule has 1 unspecified atom stereocenters. The number of amides is 1. The lowest BCUT2D eigenvalue weighted by molar-refractivity contribution is -0.121. The number of allylic oxidation sites excluding steroid dienone is 1. The van der Waals surface area contributed by atoms with Gasteiger partial charge in [-0.1, -0.05) is 20.3 Å². The van der Waals surface area contributed by atoms with E-state index < -0.39 is 11.4 Å². The Morgan fingerprint density at radius 1 is 1.62 bits per heavy atom. The first-order valence-electron chi connectivity index (χ1n) is 4.59. The summed E-state index contributed by atoms with van der Waals surface area (Å²) in [5.74, 6) is -0.412. The van der Waals surface area contributed by atoms with Crippen molar-refractivity contribution in [2.24, 2.45) is 16.0 Å². The molecule has 0 aliphatic carbocycles. The van der Waals surface area contributed by atoms with Crippen molar-refractivity contribution in [2.45, 2.75) is 38.6 Å². The van der Waals surface area contributed by atoms with Gasteiger partial charge in [0.1, 0.15) is 0 Å². The van der Waals surface area contributed by atoms with Gasteiger partial charge in [-0.25, -0.2) is 0 Å². The first-order valence-corrected chi connectivity index (χ1v) is 4.59. The molecule has 1 atom stereocenters. The predicted octanol–water partition coefficient (Wildman–Crippen LogP) is 1.77. The lowest BCUT2D eigenvalue weighted by Crippen LogP contribution is -2.38. The number of nitrogens with zero attached hydrogens (tertiary/aromatic N) is 2. The van der Waals surface area contributed by atoms with Crippen LogP contribution in [0.4, 0.5) is 0 Å². The maximum Gasteiger partial charge on any atom is 0.251 e. The Kier molecular flexibility index (Phi) is 2.80. The van der Waals surface area contributed by atoms with E-state index in [0.717, 1.165) is 18.5 Å². The molecule has 1 aliphatic rings. The van der Waals surface area contributed by atoms with Crippen molar-refractivity contribution in [3.8, 4) is 0 Å². The summed E-state index contributed by atoms with van der Waals surface area (Å²) in [5.41, 5.74) is 5.29. The first-order chi connectivity index (χ1) is 6.14. The number of carbonyl (C=O) groups excluding carboxylic acids is 1. The van der Waals surface area contributed by atoms with Crippen LogP contribution in [0.5, 0.6) is 0 Å². The molecule has 1 rings (SSSR count). The average Bonchev–Trinajstić information content (AvgIpc) is 2.50. The summed E-state index contributed by atoms with van der Waals surface area (Å²) < 4.78 is 0. The monoisotopic (exact) mass is 181 g/mol. The highest BCUT2D eigenvalue weighted by atomic mass is 16.1. The Morgan fingerprint density at radius 2 is 2.31 bits per heavy atom. The van der Waals surface area contributed by atoms with Crippen molar-refractivity contribution in [3.63, 3.8) is 0 Å². The van der Waals surface area contributed by atoms with E-state index in [2.05, 4.69) is 17.2 Å². The molecule has 4 heteroatoms. The second-order valence-electron chi connectivity index (χ2n) is 3.23. The molecule has 72 valence electrons. The van der Waals surface area contributed by atoms with Crippen molar-refractivity contribution in [3.05, 3.63) is 11.8 Å². The van der Waals surface area contributed by atoms with Gasteiger partial charge < -0.3 is 5.73 Å². The molecule has 0 aromatic heterocycles. The molecule has 0 fully saturated rings. The van der Waals surface area contributed by atoms with E-state index in [1.165, 1.54) is 0 Å². The third-order valence-corrected chi connectivity index (χ3v) is 2.23. The van der Waals surface area contributed by atoms with Crippen molar-refractivity contribution >= 4 is 5.91 Å². The standard InChI is InChI=1S/C9H15N3O/c1-3-5-7-6-9(4-2,8(10)13)12-11-7/h6H,3-5H2,1-2H3,(H2,10,13). The second-order valence-corrected chi connectivity index (χ2v) is 3.23. The van der Waals surface area contributed by atoms with Gasteiger partial charge in [-0.2, -0.15) is 10.2 Å². The highest BCUT2D eigenvalue weighted by Gasteiger charge is 2.36. The van der Waals surface area contributed by atoms with Gasteiger partial charge in [0.05, 0.1) is 5.70 Å². The van der Waals surface area contributed by atoms with Gasteiger partial charge in [0.25, 0.3) is 5.91 Å². The first kappa shape index (κ1) is 9.89. The molecule has 4 nitrogen and oxygen atoms in total. The van der Waals surface area contributed by atoms with Crippen LogP contribution in [0.1, 0.15) is 33.1 Å². The topological polar surface area (TPSA) is 67.8 Å². The average molecular weight is 181 g/mol. The molecule has 0 radical (unpaired) electrons. The van der Waals surface area contributed by atoms with Gasteiger partial charge in [-0.15, -0.1) is 0 Å². The number of rotatable bonds is 4. The van der Waals surface area contributed by atoms with Crippen molar-refractivity contribution in [1.29, 1.82) is 0 Å². The molecule has 1 aliphatic heterocycles. The zero-order valence-electron chi connectivity index (χ0n) is 8.08. The van der Waals surface area contributed by atoms with E-state index >= 15 is 0 Å². The lowest BCUT2D eigenvalue weighted by Gasteiger charge is -2.14. The molecular formula is C9H15N3O. The van der Waals surface area contributed by atoms with E-state index in [-0.39, 0.29) is 0 Å². The third kappa shape index (κ3) is 1.76. The van der Waals surface area contributed by atoms with E-state index in [1.54, 1.807) is 6.08 Å². The van der Waals surface area contributed by atoms with Crippen molar-refractivity contribution in [1.82, 2.24) is 0 Å². The summed E-state index contributed by atoms with van der Waals surface area (Å²) in [4.78, 5) is 11.1. The van der Waals surface area contributed by atoms with Crippen LogP contribution < -0.4 is 5.73 Å². The van der Waals surface area contributed by atoms with Crippen LogP contribution >= 0.6 is 0 Å². The molecule has 1 heterocycles. The Hall–Kier alpha value is -1.19. The van der Waals surface area contributed by atoms with Crippen LogP contribution in [-0.4, -0.2) is 11.4 Å². The fraction of sp³-hybridized carbons (Fsp3) is 0.667. The van der Waals surface area contributed by atoms with E-state index in [1.807, 2.05) is 6.92 Å². The van der Waals surface area contributed by atoms with Crippen LogP contribution in [0.25, 0.3) is 0 Å². The highest BCUT2D eigenvalue weighted by molar-refractivity contribution is 5.87. The largest absolute Gasteiger partial charge is 0.367 e. The molecule has 0 saturated heterocycles. The normalized spacial score (nSPS) is 26.2. The van der Waals surface area contributed by atoms with E-state index in [9.17, 15) is 4.79 Å². The smallest absolute Gasteiger partial charge is 0.251 e. The van der Waals surface area contributed by atoms with Gasteiger partial charge in [0, 0.05) is 0 Å². The van der Waals surface area contributed by atoms with E-state index in [0.29, 0.717) is 6.42 Å². The number of azo groups is 1. The fourth-order valence-corrected chi connectivity index (χ4v) is 1.33. The molecular weight excluding hydrogens is 166 g/mol. The van der Waals surface area contributed by atoms with E-state index in [4.69, 9.17) is 5.73 Å². The van der Waals surface area contributed by atoms with Crippen LogP contribution in [0.2, 0.25) is 0 Å². The minimum atomic E-state index is -0.857. The van der Waals surface area contributed by atoms with Gasteiger partial charge in [-0.05, 0) is 18.9 Å².